The molecule has 5 heteroatoms. The largest absolute Gasteiger partial charge is 0.459 e. The van der Waals surface area contributed by atoms with Crippen molar-refractivity contribution in [1.82, 2.24) is 4.98 Å². The molecule has 1 aromatic rings. The van der Waals surface area contributed by atoms with Crippen molar-refractivity contribution in [2.24, 2.45) is 5.92 Å². The molecule has 1 fully saturated rings. The topological polar surface area (TPSA) is 39.2 Å². The zero-order valence-electron chi connectivity index (χ0n) is 10.9. The average molecular weight is 302 g/mol. The van der Waals surface area contributed by atoms with Crippen molar-refractivity contribution >= 4 is 29.2 Å². The Balaban J connectivity index is 2.00. The molecule has 1 saturated carbocycles. The van der Waals surface area contributed by atoms with Crippen molar-refractivity contribution < 1.29 is 9.53 Å². The number of carbonyl (C=O) groups excluding carboxylic acids is 1. The Kier molecular flexibility index (Phi) is 5.06. The summed E-state index contributed by atoms with van der Waals surface area (Å²) in [6.07, 6.45) is 5.36. The van der Waals surface area contributed by atoms with Crippen LogP contribution in [0.4, 0.5) is 0 Å². The maximum absolute atomic E-state index is 12.1. The van der Waals surface area contributed by atoms with E-state index >= 15 is 0 Å². The van der Waals surface area contributed by atoms with Crippen LogP contribution in [0, 0.1) is 5.92 Å². The van der Waals surface area contributed by atoms with Crippen LogP contribution in [0.1, 0.15) is 49.4 Å². The van der Waals surface area contributed by atoms with Crippen molar-refractivity contribution in [1.29, 1.82) is 0 Å². The number of carbonyl (C=O) groups is 1. The SMILES string of the molecule is CCC1CCCC(OC(=O)c2ccc(Cl)nc2Cl)C1. The van der Waals surface area contributed by atoms with Gasteiger partial charge in [0.15, 0.2) is 0 Å². The van der Waals surface area contributed by atoms with E-state index in [2.05, 4.69) is 11.9 Å². The molecule has 0 bridgehead atoms. The summed E-state index contributed by atoms with van der Waals surface area (Å²) in [5.74, 6) is 0.251. The molecule has 0 radical (unpaired) electrons. The number of rotatable bonds is 3. The first-order chi connectivity index (χ1) is 9.10. The van der Waals surface area contributed by atoms with Crippen LogP contribution in [-0.4, -0.2) is 17.1 Å². The van der Waals surface area contributed by atoms with Gasteiger partial charge >= 0.3 is 5.97 Å². The van der Waals surface area contributed by atoms with Gasteiger partial charge in [-0.1, -0.05) is 43.0 Å². The van der Waals surface area contributed by atoms with Gasteiger partial charge in [0.05, 0.1) is 5.56 Å². The van der Waals surface area contributed by atoms with E-state index < -0.39 is 5.97 Å². The molecule has 104 valence electrons. The van der Waals surface area contributed by atoms with Gasteiger partial charge in [-0.2, -0.15) is 0 Å². The van der Waals surface area contributed by atoms with Crippen molar-refractivity contribution in [3.8, 4) is 0 Å². The van der Waals surface area contributed by atoms with Crippen molar-refractivity contribution in [2.75, 3.05) is 0 Å². The number of aromatic nitrogens is 1. The maximum Gasteiger partial charge on any atom is 0.341 e. The summed E-state index contributed by atoms with van der Waals surface area (Å²) >= 11 is 11.6. The van der Waals surface area contributed by atoms with E-state index in [4.69, 9.17) is 27.9 Å². The average Bonchev–Trinajstić information content (AvgIpc) is 2.38. The smallest absolute Gasteiger partial charge is 0.341 e. The lowest BCUT2D eigenvalue weighted by Crippen LogP contribution is -2.25. The van der Waals surface area contributed by atoms with Gasteiger partial charge in [0.1, 0.15) is 16.4 Å². The summed E-state index contributed by atoms with van der Waals surface area (Å²) < 4.78 is 5.52. The fourth-order valence-corrected chi connectivity index (χ4v) is 2.92. The molecule has 0 N–H and O–H groups in total. The Morgan fingerprint density at radius 3 is 2.89 bits per heavy atom. The van der Waals surface area contributed by atoms with Crippen LogP contribution in [-0.2, 0) is 4.74 Å². The van der Waals surface area contributed by atoms with Crippen LogP contribution in [0.15, 0.2) is 12.1 Å². The van der Waals surface area contributed by atoms with Crippen LogP contribution in [0.2, 0.25) is 10.3 Å². The first kappa shape index (κ1) is 14.6. The number of halogens is 2. The van der Waals surface area contributed by atoms with Gasteiger partial charge in [-0.05, 0) is 37.3 Å². The van der Waals surface area contributed by atoms with Crippen molar-refractivity contribution in [2.45, 2.75) is 45.1 Å². The van der Waals surface area contributed by atoms with Gasteiger partial charge in [-0.3, -0.25) is 0 Å². The van der Waals surface area contributed by atoms with E-state index in [-0.39, 0.29) is 22.0 Å². The fraction of sp³-hybridized carbons (Fsp3) is 0.571. The molecule has 2 unspecified atom stereocenters. The number of hydrogen-bond acceptors (Lipinski definition) is 3. The Bertz CT molecular complexity index is 465. The fourth-order valence-electron chi connectivity index (χ4n) is 2.50. The van der Waals surface area contributed by atoms with Crippen LogP contribution in [0.3, 0.4) is 0 Å². The Hall–Kier alpha value is -0.800. The molecule has 0 aliphatic heterocycles. The van der Waals surface area contributed by atoms with Gasteiger partial charge in [0.2, 0.25) is 0 Å². The number of ether oxygens (including phenoxy) is 1. The second kappa shape index (κ2) is 6.58. The number of esters is 1. The summed E-state index contributed by atoms with van der Waals surface area (Å²) in [6.45, 7) is 2.18. The third kappa shape index (κ3) is 3.83. The molecule has 19 heavy (non-hydrogen) atoms. The first-order valence-electron chi connectivity index (χ1n) is 6.63. The van der Waals surface area contributed by atoms with E-state index in [0.717, 1.165) is 25.7 Å². The molecule has 2 rings (SSSR count). The summed E-state index contributed by atoms with van der Waals surface area (Å²) in [4.78, 5) is 15.9. The Morgan fingerprint density at radius 2 is 2.21 bits per heavy atom. The van der Waals surface area contributed by atoms with E-state index in [9.17, 15) is 4.79 Å². The zero-order chi connectivity index (χ0) is 13.8. The lowest BCUT2D eigenvalue weighted by Gasteiger charge is -2.28. The number of hydrogen-bond donors (Lipinski definition) is 0. The molecule has 0 spiro atoms. The summed E-state index contributed by atoms with van der Waals surface area (Å²) in [7, 11) is 0. The zero-order valence-corrected chi connectivity index (χ0v) is 12.4. The molecule has 2 atom stereocenters. The third-order valence-electron chi connectivity index (χ3n) is 3.62. The highest BCUT2D eigenvalue weighted by molar-refractivity contribution is 6.34. The standard InChI is InChI=1S/C14H17Cl2NO2/c1-2-9-4-3-5-10(8-9)19-14(18)11-6-7-12(15)17-13(11)16/h6-7,9-10H,2-5,8H2,1H3. The second-order valence-electron chi connectivity index (χ2n) is 4.94. The molecule has 3 nitrogen and oxygen atoms in total. The van der Waals surface area contributed by atoms with Gasteiger partial charge in [-0.25, -0.2) is 9.78 Å². The summed E-state index contributed by atoms with van der Waals surface area (Å²) in [6, 6.07) is 3.10. The lowest BCUT2D eigenvalue weighted by atomic mass is 9.85. The highest BCUT2D eigenvalue weighted by atomic mass is 35.5. The van der Waals surface area contributed by atoms with Crippen LogP contribution < -0.4 is 0 Å². The van der Waals surface area contributed by atoms with Gasteiger partial charge in [0.25, 0.3) is 0 Å². The molecule has 1 aromatic heterocycles. The molecule has 1 heterocycles. The molecule has 0 saturated heterocycles. The third-order valence-corrected chi connectivity index (χ3v) is 4.12. The highest BCUT2D eigenvalue weighted by Gasteiger charge is 2.25. The maximum atomic E-state index is 12.1. The first-order valence-corrected chi connectivity index (χ1v) is 7.38. The van der Waals surface area contributed by atoms with Gasteiger partial charge in [-0.15, -0.1) is 0 Å². The molecule has 0 aromatic carbocycles. The van der Waals surface area contributed by atoms with E-state index in [1.54, 1.807) is 12.1 Å². The predicted octanol–water partition coefficient (Wildman–Crippen LogP) is 4.51. The van der Waals surface area contributed by atoms with E-state index in [1.807, 2.05) is 0 Å². The highest BCUT2D eigenvalue weighted by Crippen LogP contribution is 2.29. The van der Waals surface area contributed by atoms with Gasteiger partial charge in [0, 0.05) is 0 Å². The minimum absolute atomic E-state index is 0.00190. The molecular formula is C14H17Cl2NO2. The normalized spacial score (nSPS) is 23.1. The van der Waals surface area contributed by atoms with Crippen LogP contribution in [0.25, 0.3) is 0 Å². The summed E-state index contributed by atoms with van der Waals surface area (Å²) in [5.41, 5.74) is 0.282. The van der Waals surface area contributed by atoms with Crippen LogP contribution in [0.5, 0.6) is 0 Å². The number of pyridine rings is 1. The minimum Gasteiger partial charge on any atom is -0.459 e. The molecular weight excluding hydrogens is 285 g/mol. The minimum atomic E-state index is -0.407. The Morgan fingerprint density at radius 1 is 1.42 bits per heavy atom. The van der Waals surface area contributed by atoms with Gasteiger partial charge < -0.3 is 4.74 Å². The molecule has 1 aliphatic rings. The predicted molar refractivity (Wildman–Crippen MR) is 75.7 cm³/mol. The lowest BCUT2D eigenvalue weighted by molar-refractivity contribution is 0.0140. The van der Waals surface area contributed by atoms with E-state index in [0.29, 0.717) is 5.92 Å². The van der Waals surface area contributed by atoms with Crippen molar-refractivity contribution in [3.63, 3.8) is 0 Å². The molecule has 0 amide bonds. The summed E-state index contributed by atoms with van der Waals surface area (Å²) in [5, 5.41) is 0.366. The Labute approximate surface area is 123 Å². The number of nitrogens with zero attached hydrogens (tertiary/aromatic N) is 1. The quantitative estimate of drug-likeness (QED) is 0.609. The monoisotopic (exact) mass is 301 g/mol. The van der Waals surface area contributed by atoms with Crippen molar-refractivity contribution in [3.05, 3.63) is 28.0 Å². The molecule has 1 aliphatic carbocycles. The second-order valence-corrected chi connectivity index (χ2v) is 5.69. The van der Waals surface area contributed by atoms with E-state index in [1.165, 1.54) is 6.42 Å². The van der Waals surface area contributed by atoms with Crippen LogP contribution >= 0.6 is 23.2 Å².